The van der Waals surface area contributed by atoms with Crippen molar-refractivity contribution in [3.8, 4) is 0 Å². The van der Waals surface area contributed by atoms with E-state index in [0.717, 1.165) is 32.5 Å². The molecule has 3 fully saturated rings. The second-order valence-corrected chi connectivity index (χ2v) is 7.26. The van der Waals surface area contributed by atoms with Crippen LogP contribution in [0.15, 0.2) is 4.52 Å². The van der Waals surface area contributed by atoms with Gasteiger partial charge in [0.2, 0.25) is 5.89 Å². The summed E-state index contributed by atoms with van der Waals surface area (Å²) in [5.74, 6) is 0.713. The van der Waals surface area contributed by atoms with Crippen LogP contribution in [-0.4, -0.2) is 64.1 Å². The Hall–Kier alpha value is -2.00. The van der Waals surface area contributed by atoms with E-state index >= 15 is 0 Å². The van der Waals surface area contributed by atoms with Gasteiger partial charge in [-0.3, -0.25) is 9.69 Å². The van der Waals surface area contributed by atoms with Gasteiger partial charge in [-0.25, -0.2) is 9.69 Å². The molecule has 2 unspecified atom stereocenters. The van der Waals surface area contributed by atoms with Crippen LogP contribution in [0.5, 0.6) is 0 Å². The molecule has 0 bridgehead atoms. The van der Waals surface area contributed by atoms with Gasteiger partial charge in [0.25, 0.3) is 5.91 Å². The molecule has 1 aromatic rings. The molecule has 9 nitrogen and oxygen atoms in total. The molecule has 2 aliphatic heterocycles. The molecule has 3 aliphatic rings. The van der Waals surface area contributed by atoms with E-state index in [1.54, 1.807) is 6.92 Å². The Morgan fingerprint density at radius 1 is 1.32 bits per heavy atom. The monoisotopic (exact) mass is 348 g/mol. The number of hydrogen-bond donors (Lipinski definition) is 2. The molecule has 1 aromatic heterocycles. The molecule has 1 saturated carbocycles. The quantitative estimate of drug-likeness (QED) is 0.770. The number of carbonyl (C=O) groups is 2. The van der Waals surface area contributed by atoms with Crippen LogP contribution in [0.2, 0.25) is 0 Å². The third-order valence-corrected chi connectivity index (χ3v) is 5.66. The van der Waals surface area contributed by atoms with E-state index in [1.165, 1.54) is 4.90 Å². The van der Waals surface area contributed by atoms with E-state index in [1.807, 2.05) is 7.05 Å². The summed E-state index contributed by atoms with van der Waals surface area (Å²) in [7, 11) is 2.02. The third-order valence-electron chi connectivity index (χ3n) is 5.66. The lowest BCUT2D eigenvalue weighted by molar-refractivity contribution is -0.132. The minimum Gasteiger partial charge on any atom is -0.337 e. The maximum atomic E-state index is 12.8. The Labute approximate surface area is 146 Å². The van der Waals surface area contributed by atoms with Gasteiger partial charge in [0.15, 0.2) is 5.82 Å². The summed E-state index contributed by atoms with van der Waals surface area (Å²) in [6.07, 6.45) is 3.32. The smallest absolute Gasteiger partial charge is 0.325 e. The largest absolute Gasteiger partial charge is 0.337 e. The van der Waals surface area contributed by atoms with Crippen LogP contribution in [0.25, 0.3) is 0 Å². The second-order valence-electron chi connectivity index (χ2n) is 7.26. The summed E-state index contributed by atoms with van der Waals surface area (Å²) < 4.78 is 5.40. The van der Waals surface area contributed by atoms with Crippen LogP contribution < -0.4 is 10.6 Å². The molecule has 3 amide bonds. The number of nitrogens with one attached hydrogen (secondary N) is 2. The fourth-order valence-corrected chi connectivity index (χ4v) is 4.07. The van der Waals surface area contributed by atoms with Crippen molar-refractivity contribution < 1.29 is 14.1 Å². The zero-order chi connectivity index (χ0) is 17.6. The third kappa shape index (κ3) is 2.62. The first kappa shape index (κ1) is 16.5. The van der Waals surface area contributed by atoms with Crippen LogP contribution in [0, 0.1) is 0 Å². The molecule has 2 saturated heterocycles. The number of urea groups is 1. The van der Waals surface area contributed by atoms with Crippen molar-refractivity contribution in [2.24, 2.45) is 0 Å². The highest BCUT2D eigenvalue weighted by Gasteiger charge is 2.54. The van der Waals surface area contributed by atoms with E-state index in [0.29, 0.717) is 24.6 Å². The van der Waals surface area contributed by atoms with Gasteiger partial charge >= 0.3 is 6.03 Å². The fourth-order valence-electron chi connectivity index (χ4n) is 4.07. The number of piperazine rings is 1. The molecule has 2 N–H and O–H groups in total. The SMILES string of the molecule is CC(c1nc(C2CNCCN2C)no1)N1C(=O)NC2(CCCC2)C1=O. The second kappa shape index (κ2) is 6.06. The minimum absolute atomic E-state index is 0.0303. The number of aromatic nitrogens is 2. The van der Waals surface area contributed by atoms with E-state index in [9.17, 15) is 9.59 Å². The number of likely N-dealkylation sites (N-methyl/N-ethyl adjacent to an activating group) is 1. The maximum Gasteiger partial charge on any atom is 0.325 e. The first-order valence-corrected chi connectivity index (χ1v) is 8.92. The lowest BCUT2D eigenvalue weighted by Crippen LogP contribution is -2.44. The van der Waals surface area contributed by atoms with Crippen molar-refractivity contribution in [2.45, 2.75) is 50.2 Å². The predicted molar refractivity (Wildman–Crippen MR) is 87.5 cm³/mol. The number of nitrogens with zero attached hydrogens (tertiary/aromatic N) is 4. The molecular weight excluding hydrogens is 324 g/mol. The minimum atomic E-state index is -0.721. The van der Waals surface area contributed by atoms with Gasteiger partial charge < -0.3 is 15.2 Å². The number of carbonyl (C=O) groups excluding carboxylic acids is 2. The average molecular weight is 348 g/mol. The lowest BCUT2D eigenvalue weighted by Gasteiger charge is -2.30. The summed E-state index contributed by atoms with van der Waals surface area (Å²) in [5.41, 5.74) is -0.721. The first-order chi connectivity index (χ1) is 12.0. The van der Waals surface area contributed by atoms with Gasteiger partial charge in [-0.1, -0.05) is 18.0 Å². The van der Waals surface area contributed by atoms with Gasteiger partial charge in [-0.2, -0.15) is 4.98 Å². The molecule has 0 radical (unpaired) electrons. The molecule has 2 atom stereocenters. The summed E-state index contributed by atoms with van der Waals surface area (Å²) in [5, 5.41) is 10.3. The van der Waals surface area contributed by atoms with Crippen molar-refractivity contribution >= 4 is 11.9 Å². The van der Waals surface area contributed by atoms with Crippen LogP contribution in [0.1, 0.15) is 56.4 Å². The fraction of sp³-hybridized carbons (Fsp3) is 0.750. The van der Waals surface area contributed by atoms with Gasteiger partial charge in [0.05, 0.1) is 6.04 Å². The van der Waals surface area contributed by atoms with E-state index in [-0.39, 0.29) is 18.0 Å². The Morgan fingerprint density at radius 3 is 2.80 bits per heavy atom. The standard InChI is InChI=1S/C16H24N6O3/c1-10(22-14(23)16(19-15(22)24)5-3-4-6-16)13-18-12(20-25-13)11-9-17-7-8-21(11)2/h10-11,17H,3-9H2,1-2H3,(H,19,24). The molecule has 1 aliphatic carbocycles. The number of rotatable bonds is 3. The van der Waals surface area contributed by atoms with Crippen LogP contribution in [0.3, 0.4) is 0 Å². The summed E-state index contributed by atoms with van der Waals surface area (Å²) in [6, 6.07) is -0.908. The molecule has 4 rings (SSSR count). The average Bonchev–Trinajstić information content (AvgIpc) is 3.29. The molecule has 136 valence electrons. The lowest BCUT2D eigenvalue weighted by atomic mass is 9.98. The van der Waals surface area contributed by atoms with Crippen LogP contribution in [0.4, 0.5) is 4.79 Å². The Balaban J connectivity index is 1.54. The van der Waals surface area contributed by atoms with E-state index < -0.39 is 11.6 Å². The summed E-state index contributed by atoms with van der Waals surface area (Å²) in [4.78, 5) is 33.1. The Kier molecular flexibility index (Phi) is 3.99. The maximum absolute atomic E-state index is 12.8. The molecule has 0 aromatic carbocycles. The molecule has 3 heterocycles. The van der Waals surface area contributed by atoms with Crippen LogP contribution >= 0.6 is 0 Å². The number of hydrogen-bond acceptors (Lipinski definition) is 7. The molecule has 9 heteroatoms. The summed E-state index contributed by atoms with van der Waals surface area (Å²) in [6.45, 7) is 4.33. The van der Waals surface area contributed by atoms with Gasteiger partial charge in [0, 0.05) is 19.6 Å². The van der Waals surface area contributed by atoms with Gasteiger partial charge in [0.1, 0.15) is 11.6 Å². The van der Waals surface area contributed by atoms with E-state index in [4.69, 9.17) is 4.52 Å². The van der Waals surface area contributed by atoms with E-state index in [2.05, 4.69) is 25.7 Å². The Morgan fingerprint density at radius 2 is 2.08 bits per heavy atom. The molecular formula is C16H24N6O3. The van der Waals surface area contributed by atoms with Crippen molar-refractivity contribution in [3.63, 3.8) is 0 Å². The van der Waals surface area contributed by atoms with Gasteiger partial charge in [-0.05, 0) is 26.8 Å². The first-order valence-electron chi connectivity index (χ1n) is 8.92. The predicted octanol–water partition coefficient (Wildman–Crippen LogP) is 0.571. The zero-order valence-electron chi connectivity index (χ0n) is 14.6. The molecule has 25 heavy (non-hydrogen) atoms. The topological polar surface area (TPSA) is 104 Å². The highest BCUT2D eigenvalue weighted by Crippen LogP contribution is 2.38. The highest BCUT2D eigenvalue weighted by atomic mass is 16.5. The van der Waals surface area contributed by atoms with Gasteiger partial charge in [-0.15, -0.1) is 0 Å². The highest BCUT2D eigenvalue weighted by molar-refractivity contribution is 6.07. The van der Waals surface area contributed by atoms with Crippen molar-refractivity contribution in [1.82, 2.24) is 30.6 Å². The molecule has 1 spiro atoms. The summed E-state index contributed by atoms with van der Waals surface area (Å²) >= 11 is 0. The van der Waals surface area contributed by atoms with Crippen LogP contribution in [-0.2, 0) is 4.79 Å². The van der Waals surface area contributed by atoms with Crippen molar-refractivity contribution in [1.29, 1.82) is 0 Å². The normalized spacial score (nSPS) is 27.9. The zero-order valence-corrected chi connectivity index (χ0v) is 14.6. The Bertz CT molecular complexity index is 683. The number of amides is 3. The van der Waals surface area contributed by atoms with Crippen molar-refractivity contribution in [3.05, 3.63) is 11.7 Å². The number of imide groups is 1. The van der Waals surface area contributed by atoms with Crippen molar-refractivity contribution in [2.75, 3.05) is 26.7 Å².